The van der Waals surface area contributed by atoms with Crippen LogP contribution in [0.1, 0.15) is 57.6 Å². The molecule has 2 rings (SSSR count). The predicted octanol–water partition coefficient (Wildman–Crippen LogP) is 3.75. The fraction of sp³-hybridized carbons (Fsp3) is 0.600. The number of hydrogen-bond donors (Lipinski definition) is 1. The van der Waals surface area contributed by atoms with Crippen molar-refractivity contribution in [1.82, 2.24) is 0 Å². The number of aliphatic hydroxyl groups is 1. The van der Waals surface area contributed by atoms with E-state index in [1.165, 1.54) is 5.56 Å². The summed E-state index contributed by atoms with van der Waals surface area (Å²) >= 11 is 0. The van der Waals surface area contributed by atoms with Crippen molar-refractivity contribution < 1.29 is 5.11 Å². The molecular weight excluding hydrogens is 196 g/mol. The Morgan fingerprint density at radius 1 is 1.00 bits per heavy atom. The predicted molar refractivity (Wildman–Crippen MR) is 67.5 cm³/mol. The molecule has 1 aliphatic carbocycles. The van der Waals surface area contributed by atoms with Crippen molar-refractivity contribution in [3.05, 3.63) is 35.4 Å². The van der Waals surface area contributed by atoms with E-state index in [0.717, 1.165) is 31.2 Å². The Bertz CT molecular complexity index is 350. The van der Waals surface area contributed by atoms with E-state index in [9.17, 15) is 5.11 Å². The van der Waals surface area contributed by atoms with Crippen LogP contribution < -0.4 is 0 Å². The minimum atomic E-state index is -0.545. The summed E-state index contributed by atoms with van der Waals surface area (Å²) in [6.45, 7) is 6.64. The molecule has 1 aromatic carbocycles. The van der Waals surface area contributed by atoms with Gasteiger partial charge >= 0.3 is 0 Å². The lowest BCUT2D eigenvalue weighted by atomic mass is 9.84. The molecule has 1 heteroatoms. The SMILES string of the molecule is CC(C)(C)c1ccc(C2(O)CCCC2)cc1. The summed E-state index contributed by atoms with van der Waals surface area (Å²) < 4.78 is 0. The van der Waals surface area contributed by atoms with Gasteiger partial charge in [-0.05, 0) is 29.4 Å². The standard InChI is InChI=1S/C15H22O/c1-14(2,3)12-6-8-13(9-7-12)15(16)10-4-5-11-15/h6-9,16H,4-5,10-11H2,1-3H3. The van der Waals surface area contributed by atoms with Gasteiger partial charge in [-0.15, -0.1) is 0 Å². The molecule has 0 aliphatic heterocycles. The summed E-state index contributed by atoms with van der Waals surface area (Å²) in [5.74, 6) is 0. The minimum absolute atomic E-state index is 0.191. The van der Waals surface area contributed by atoms with Gasteiger partial charge in [0.1, 0.15) is 0 Å². The quantitative estimate of drug-likeness (QED) is 0.761. The van der Waals surface area contributed by atoms with Gasteiger partial charge in [0.05, 0.1) is 5.60 Å². The van der Waals surface area contributed by atoms with Gasteiger partial charge in [0.2, 0.25) is 0 Å². The largest absolute Gasteiger partial charge is 0.385 e. The maximum Gasteiger partial charge on any atom is 0.0896 e. The highest BCUT2D eigenvalue weighted by Crippen LogP contribution is 2.39. The monoisotopic (exact) mass is 218 g/mol. The minimum Gasteiger partial charge on any atom is -0.385 e. The number of rotatable bonds is 1. The van der Waals surface area contributed by atoms with Crippen molar-refractivity contribution in [2.24, 2.45) is 0 Å². The van der Waals surface area contributed by atoms with Gasteiger partial charge in [-0.25, -0.2) is 0 Å². The molecule has 88 valence electrons. The molecule has 1 aromatic rings. The van der Waals surface area contributed by atoms with Crippen molar-refractivity contribution in [3.8, 4) is 0 Å². The highest BCUT2D eigenvalue weighted by molar-refractivity contribution is 5.31. The molecule has 16 heavy (non-hydrogen) atoms. The molecule has 1 nitrogen and oxygen atoms in total. The fourth-order valence-electron chi connectivity index (χ4n) is 2.53. The first-order valence-corrected chi connectivity index (χ1v) is 6.25. The maximum absolute atomic E-state index is 10.5. The van der Waals surface area contributed by atoms with Crippen LogP contribution in [0.2, 0.25) is 0 Å². The molecule has 0 unspecified atom stereocenters. The average Bonchev–Trinajstić information content (AvgIpc) is 2.66. The van der Waals surface area contributed by atoms with E-state index in [4.69, 9.17) is 0 Å². The van der Waals surface area contributed by atoms with Crippen LogP contribution in [-0.2, 0) is 11.0 Å². The van der Waals surface area contributed by atoms with E-state index in [2.05, 4.69) is 45.0 Å². The normalized spacial score (nSPS) is 20.0. The Morgan fingerprint density at radius 3 is 1.94 bits per heavy atom. The zero-order valence-corrected chi connectivity index (χ0v) is 10.6. The second kappa shape index (κ2) is 3.89. The Morgan fingerprint density at radius 2 is 1.50 bits per heavy atom. The van der Waals surface area contributed by atoms with Crippen molar-refractivity contribution in [2.45, 2.75) is 57.5 Å². The van der Waals surface area contributed by atoms with Crippen molar-refractivity contribution in [2.75, 3.05) is 0 Å². The van der Waals surface area contributed by atoms with Crippen molar-refractivity contribution >= 4 is 0 Å². The summed E-state index contributed by atoms with van der Waals surface area (Å²) in [6.07, 6.45) is 4.14. The van der Waals surface area contributed by atoms with Crippen LogP contribution in [0.4, 0.5) is 0 Å². The Kier molecular flexibility index (Phi) is 2.83. The summed E-state index contributed by atoms with van der Waals surface area (Å²) in [6, 6.07) is 8.52. The first-order valence-electron chi connectivity index (χ1n) is 6.25. The molecule has 0 saturated heterocycles. The fourth-order valence-corrected chi connectivity index (χ4v) is 2.53. The van der Waals surface area contributed by atoms with Crippen LogP contribution in [-0.4, -0.2) is 5.11 Å². The van der Waals surface area contributed by atoms with Gasteiger partial charge < -0.3 is 5.11 Å². The lowest BCUT2D eigenvalue weighted by Crippen LogP contribution is -2.21. The molecule has 0 radical (unpaired) electrons. The smallest absolute Gasteiger partial charge is 0.0896 e. The lowest BCUT2D eigenvalue weighted by molar-refractivity contribution is 0.0444. The topological polar surface area (TPSA) is 20.2 Å². The van der Waals surface area contributed by atoms with Gasteiger partial charge in [0.15, 0.2) is 0 Å². The van der Waals surface area contributed by atoms with Crippen molar-refractivity contribution in [3.63, 3.8) is 0 Å². The summed E-state index contributed by atoms with van der Waals surface area (Å²) in [4.78, 5) is 0. The van der Waals surface area contributed by atoms with E-state index >= 15 is 0 Å². The lowest BCUT2D eigenvalue weighted by Gasteiger charge is -2.25. The Hall–Kier alpha value is -0.820. The van der Waals surface area contributed by atoms with Crippen LogP contribution in [0.15, 0.2) is 24.3 Å². The van der Waals surface area contributed by atoms with E-state index in [-0.39, 0.29) is 5.41 Å². The second-order valence-corrected chi connectivity index (χ2v) is 6.07. The Balaban J connectivity index is 2.26. The summed E-state index contributed by atoms with van der Waals surface area (Å²) in [7, 11) is 0. The molecule has 1 N–H and O–H groups in total. The molecule has 1 aliphatic rings. The molecule has 0 bridgehead atoms. The van der Waals surface area contributed by atoms with Gasteiger partial charge in [-0.2, -0.15) is 0 Å². The van der Waals surface area contributed by atoms with Crippen LogP contribution in [0.3, 0.4) is 0 Å². The third-order valence-electron chi connectivity index (χ3n) is 3.72. The van der Waals surface area contributed by atoms with E-state index < -0.39 is 5.60 Å². The molecule has 0 atom stereocenters. The van der Waals surface area contributed by atoms with Crippen molar-refractivity contribution in [1.29, 1.82) is 0 Å². The van der Waals surface area contributed by atoms with E-state index in [0.29, 0.717) is 0 Å². The number of hydrogen-bond acceptors (Lipinski definition) is 1. The third kappa shape index (κ3) is 2.15. The van der Waals surface area contributed by atoms with Crippen LogP contribution >= 0.6 is 0 Å². The van der Waals surface area contributed by atoms with Gasteiger partial charge in [-0.1, -0.05) is 57.9 Å². The highest BCUT2D eigenvalue weighted by Gasteiger charge is 2.32. The van der Waals surface area contributed by atoms with Gasteiger partial charge in [-0.3, -0.25) is 0 Å². The van der Waals surface area contributed by atoms with Gasteiger partial charge in [0, 0.05) is 0 Å². The van der Waals surface area contributed by atoms with Crippen LogP contribution in [0.5, 0.6) is 0 Å². The van der Waals surface area contributed by atoms with Crippen LogP contribution in [0.25, 0.3) is 0 Å². The van der Waals surface area contributed by atoms with Gasteiger partial charge in [0.25, 0.3) is 0 Å². The molecule has 0 heterocycles. The first-order chi connectivity index (χ1) is 7.42. The summed E-state index contributed by atoms with van der Waals surface area (Å²) in [5, 5.41) is 10.5. The highest BCUT2D eigenvalue weighted by atomic mass is 16.3. The average molecular weight is 218 g/mol. The number of benzene rings is 1. The first kappa shape index (κ1) is 11.7. The van der Waals surface area contributed by atoms with E-state index in [1.54, 1.807) is 0 Å². The third-order valence-corrected chi connectivity index (χ3v) is 3.72. The molecule has 0 amide bonds. The molecular formula is C15H22O. The van der Waals surface area contributed by atoms with E-state index in [1.807, 2.05) is 0 Å². The molecule has 1 saturated carbocycles. The molecule has 0 spiro atoms. The molecule has 0 aromatic heterocycles. The summed E-state index contributed by atoms with van der Waals surface area (Å²) in [5.41, 5.74) is 2.07. The second-order valence-electron chi connectivity index (χ2n) is 6.07. The Labute approximate surface area is 98.5 Å². The van der Waals surface area contributed by atoms with Crippen LogP contribution in [0, 0.1) is 0 Å². The zero-order valence-electron chi connectivity index (χ0n) is 10.6. The molecule has 1 fully saturated rings. The zero-order chi connectivity index (χ0) is 11.8. The maximum atomic E-state index is 10.5.